The van der Waals surface area contributed by atoms with Gasteiger partial charge in [-0.2, -0.15) is 0 Å². The highest BCUT2D eigenvalue weighted by Crippen LogP contribution is 2.23. The van der Waals surface area contributed by atoms with E-state index < -0.39 is 0 Å². The molecule has 0 saturated carbocycles. The predicted octanol–water partition coefficient (Wildman–Crippen LogP) is 4.05. The minimum Gasteiger partial charge on any atom is -0.383 e. The van der Waals surface area contributed by atoms with E-state index >= 15 is 0 Å². The van der Waals surface area contributed by atoms with Gasteiger partial charge < -0.3 is 10.1 Å². The van der Waals surface area contributed by atoms with Crippen LogP contribution in [0.5, 0.6) is 0 Å². The van der Waals surface area contributed by atoms with E-state index in [1.165, 1.54) is 12.8 Å². The van der Waals surface area contributed by atoms with Crippen LogP contribution in [0.25, 0.3) is 0 Å². The standard InChI is InChI=1S/C18H30FNO/c1-4-15(5-2)12-16(14-20-10-11-21-3)13-17-8-6-7-9-18(17)19/h6-9,15-16,20H,4-5,10-14H2,1-3H3. The molecule has 21 heavy (non-hydrogen) atoms. The molecule has 0 aromatic heterocycles. The maximum absolute atomic E-state index is 13.9. The monoisotopic (exact) mass is 295 g/mol. The van der Waals surface area contributed by atoms with Crippen LogP contribution >= 0.6 is 0 Å². The molecule has 0 aliphatic carbocycles. The fraction of sp³-hybridized carbons (Fsp3) is 0.667. The molecule has 0 aliphatic rings. The van der Waals surface area contributed by atoms with Gasteiger partial charge in [0.2, 0.25) is 0 Å². The maximum Gasteiger partial charge on any atom is 0.126 e. The van der Waals surface area contributed by atoms with Gasteiger partial charge in [-0.25, -0.2) is 4.39 Å². The number of hydrogen-bond donors (Lipinski definition) is 1. The van der Waals surface area contributed by atoms with E-state index in [2.05, 4.69) is 19.2 Å². The van der Waals surface area contributed by atoms with Crippen molar-refractivity contribution < 1.29 is 9.13 Å². The fourth-order valence-electron chi connectivity index (χ4n) is 2.79. The summed E-state index contributed by atoms with van der Waals surface area (Å²) in [6.07, 6.45) is 4.36. The van der Waals surface area contributed by atoms with Crippen LogP contribution in [0.3, 0.4) is 0 Å². The van der Waals surface area contributed by atoms with Gasteiger partial charge in [-0.05, 0) is 42.9 Å². The Morgan fingerprint density at radius 1 is 1.14 bits per heavy atom. The zero-order chi connectivity index (χ0) is 15.5. The van der Waals surface area contributed by atoms with Gasteiger partial charge in [0.1, 0.15) is 5.82 Å². The molecule has 3 heteroatoms. The molecule has 1 rings (SSSR count). The number of ether oxygens (including phenoxy) is 1. The van der Waals surface area contributed by atoms with Gasteiger partial charge in [0, 0.05) is 13.7 Å². The second-order valence-electron chi connectivity index (χ2n) is 5.78. The maximum atomic E-state index is 13.9. The number of benzene rings is 1. The van der Waals surface area contributed by atoms with Crippen LogP contribution in [0.2, 0.25) is 0 Å². The lowest BCUT2D eigenvalue weighted by Gasteiger charge is -2.23. The van der Waals surface area contributed by atoms with Gasteiger partial charge >= 0.3 is 0 Å². The van der Waals surface area contributed by atoms with Crippen molar-refractivity contribution in [2.24, 2.45) is 11.8 Å². The molecule has 0 amide bonds. The van der Waals surface area contributed by atoms with Crippen LogP contribution in [0.1, 0.15) is 38.7 Å². The fourth-order valence-corrected chi connectivity index (χ4v) is 2.79. The van der Waals surface area contributed by atoms with Gasteiger partial charge in [-0.3, -0.25) is 0 Å². The molecule has 0 heterocycles. The highest BCUT2D eigenvalue weighted by atomic mass is 19.1. The van der Waals surface area contributed by atoms with E-state index in [1.54, 1.807) is 19.2 Å². The van der Waals surface area contributed by atoms with Crippen LogP contribution < -0.4 is 5.32 Å². The number of hydrogen-bond acceptors (Lipinski definition) is 2. The Balaban J connectivity index is 2.60. The molecule has 0 bridgehead atoms. The van der Waals surface area contributed by atoms with Crippen LogP contribution in [0, 0.1) is 17.7 Å². The molecule has 2 nitrogen and oxygen atoms in total. The quantitative estimate of drug-likeness (QED) is 0.622. The molecule has 0 saturated heterocycles. The lowest BCUT2D eigenvalue weighted by atomic mass is 9.86. The molecule has 1 unspecified atom stereocenters. The first kappa shape index (κ1) is 18.1. The number of rotatable bonds is 11. The summed E-state index contributed by atoms with van der Waals surface area (Å²) in [6, 6.07) is 7.14. The molecule has 0 radical (unpaired) electrons. The topological polar surface area (TPSA) is 21.3 Å². The van der Waals surface area contributed by atoms with E-state index in [9.17, 15) is 4.39 Å². The van der Waals surface area contributed by atoms with E-state index in [-0.39, 0.29) is 5.82 Å². The number of nitrogens with one attached hydrogen (secondary N) is 1. The van der Waals surface area contributed by atoms with Crippen LogP contribution in [0.4, 0.5) is 4.39 Å². The average molecular weight is 295 g/mol. The summed E-state index contributed by atoms with van der Waals surface area (Å²) < 4.78 is 18.9. The first-order valence-electron chi connectivity index (χ1n) is 8.14. The van der Waals surface area contributed by atoms with Crippen molar-refractivity contribution in [2.75, 3.05) is 26.8 Å². The molecular formula is C18H30FNO. The van der Waals surface area contributed by atoms with Crippen molar-refractivity contribution in [2.45, 2.75) is 39.5 Å². The molecule has 0 spiro atoms. The molecule has 0 fully saturated rings. The Hall–Kier alpha value is -0.930. The molecule has 120 valence electrons. The van der Waals surface area contributed by atoms with Crippen molar-refractivity contribution in [3.8, 4) is 0 Å². The molecular weight excluding hydrogens is 265 g/mol. The first-order chi connectivity index (χ1) is 10.2. The molecule has 0 aliphatic heterocycles. The summed E-state index contributed by atoms with van der Waals surface area (Å²) in [4.78, 5) is 0. The van der Waals surface area contributed by atoms with E-state index in [0.717, 1.165) is 44.0 Å². The third-order valence-electron chi connectivity index (χ3n) is 4.20. The zero-order valence-corrected chi connectivity index (χ0v) is 13.7. The molecule has 1 N–H and O–H groups in total. The Kier molecular flexibility index (Phi) is 9.27. The summed E-state index contributed by atoms with van der Waals surface area (Å²) in [5, 5.41) is 3.43. The Morgan fingerprint density at radius 3 is 2.48 bits per heavy atom. The molecule has 1 atom stereocenters. The summed E-state index contributed by atoms with van der Waals surface area (Å²) >= 11 is 0. The van der Waals surface area contributed by atoms with Crippen molar-refractivity contribution >= 4 is 0 Å². The lowest BCUT2D eigenvalue weighted by molar-refractivity contribution is 0.196. The summed E-state index contributed by atoms with van der Waals surface area (Å²) in [6.45, 7) is 6.98. The van der Waals surface area contributed by atoms with Gasteiger partial charge in [0.15, 0.2) is 0 Å². The average Bonchev–Trinajstić information content (AvgIpc) is 2.50. The van der Waals surface area contributed by atoms with Crippen molar-refractivity contribution in [1.82, 2.24) is 5.32 Å². The van der Waals surface area contributed by atoms with E-state index in [4.69, 9.17) is 4.74 Å². The summed E-state index contributed by atoms with van der Waals surface area (Å²) in [7, 11) is 1.71. The largest absolute Gasteiger partial charge is 0.383 e. The third kappa shape index (κ3) is 7.05. The van der Waals surface area contributed by atoms with E-state index in [0.29, 0.717) is 5.92 Å². The van der Waals surface area contributed by atoms with Crippen molar-refractivity contribution in [3.63, 3.8) is 0 Å². The highest BCUT2D eigenvalue weighted by Gasteiger charge is 2.16. The predicted molar refractivity (Wildman–Crippen MR) is 87.0 cm³/mol. The van der Waals surface area contributed by atoms with Crippen LogP contribution in [-0.4, -0.2) is 26.8 Å². The molecule has 1 aromatic rings. The normalized spacial score (nSPS) is 12.8. The van der Waals surface area contributed by atoms with Gasteiger partial charge in [-0.15, -0.1) is 0 Å². The van der Waals surface area contributed by atoms with Crippen molar-refractivity contribution in [1.29, 1.82) is 0 Å². The lowest BCUT2D eigenvalue weighted by Crippen LogP contribution is -2.28. The minimum atomic E-state index is -0.0797. The van der Waals surface area contributed by atoms with Gasteiger partial charge in [-0.1, -0.05) is 44.9 Å². The summed E-state index contributed by atoms with van der Waals surface area (Å²) in [5.41, 5.74) is 0.835. The second kappa shape index (κ2) is 10.7. The summed E-state index contributed by atoms with van der Waals surface area (Å²) in [5.74, 6) is 1.12. The van der Waals surface area contributed by atoms with Gasteiger partial charge in [0.25, 0.3) is 0 Å². The van der Waals surface area contributed by atoms with Crippen LogP contribution in [0.15, 0.2) is 24.3 Å². The smallest absolute Gasteiger partial charge is 0.126 e. The second-order valence-corrected chi connectivity index (χ2v) is 5.78. The number of halogens is 1. The third-order valence-corrected chi connectivity index (χ3v) is 4.20. The zero-order valence-electron chi connectivity index (χ0n) is 13.7. The van der Waals surface area contributed by atoms with E-state index in [1.807, 2.05) is 12.1 Å². The van der Waals surface area contributed by atoms with Gasteiger partial charge in [0.05, 0.1) is 6.61 Å². The van der Waals surface area contributed by atoms with Crippen LogP contribution in [-0.2, 0) is 11.2 Å². The Labute approximate surface area is 129 Å². The SMILES string of the molecule is CCC(CC)CC(CNCCOC)Cc1ccccc1F. The minimum absolute atomic E-state index is 0.0797. The van der Waals surface area contributed by atoms with Crippen molar-refractivity contribution in [3.05, 3.63) is 35.6 Å². The Morgan fingerprint density at radius 2 is 1.86 bits per heavy atom. The number of methoxy groups -OCH3 is 1. The Bertz CT molecular complexity index is 379. The molecule has 1 aromatic carbocycles. The highest BCUT2D eigenvalue weighted by molar-refractivity contribution is 5.17. The first-order valence-corrected chi connectivity index (χ1v) is 8.14.